The zero-order valence-electron chi connectivity index (χ0n) is 30.9. The molecule has 12 nitrogen and oxygen atoms in total. The third-order valence-electron chi connectivity index (χ3n) is 10.0. The fraction of sp³-hybridized carbons (Fsp3) is 0.205. The van der Waals surface area contributed by atoms with Crippen molar-refractivity contribution in [3.8, 4) is 22.3 Å². The molecule has 0 saturated heterocycles. The number of carbonyl (C=O) groups excluding carboxylic acids is 3. The number of hydrogen-bond donors (Lipinski definition) is 3. The lowest BCUT2D eigenvalue weighted by molar-refractivity contribution is -0.141. The number of carbonyl (C=O) groups is 5. The van der Waals surface area contributed by atoms with Crippen LogP contribution in [0.5, 0.6) is 0 Å². The summed E-state index contributed by atoms with van der Waals surface area (Å²) in [5.74, 6) is -3.98. The second kappa shape index (κ2) is 18.3. The lowest BCUT2D eigenvalue weighted by Gasteiger charge is -2.26. The molecule has 5 aromatic rings. The molecule has 0 heterocycles. The van der Waals surface area contributed by atoms with Gasteiger partial charge < -0.3 is 29.7 Å². The van der Waals surface area contributed by atoms with E-state index in [0.717, 1.165) is 66.1 Å². The van der Waals surface area contributed by atoms with E-state index in [-0.39, 0.29) is 43.2 Å². The highest BCUT2D eigenvalue weighted by Gasteiger charge is 2.39. The fourth-order valence-corrected chi connectivity index (χ4v) is 9.57. The SMILES string of the molecule is O=C(NC(CSSC[C@@H](C(=O)O)N(C(=O)OCc1ccccc1)C(=O)OCC1c2ccccc2-c2ccccc21)C(=O)O)OCC1c2ccccc2-c2ccccc21. The van der Waals surface area contributed by atoms with E-state index in [9.17, 15) is 34.2 Å². The highest BCUT2D eigenvalue weighted by atomic mass is 33.1. The van der Waals surface area contributed by atoms with Crippen molar-refractivity contribution < 1.29 is 48.4 Å². The number of ether oxygens (including phenoxy) is 3. The molecule has 58 heavy (non-hydrogen) atoms. The molecule has 2 aliphatic rings. The minimum atomic E-state index is -1.75. The van der Waals surface area contributed by atoms with Crippen LogP contribution in [0.15, 0.2) is 127 Å². The van der Waals surface area contributed by atoms with E-state index in [1.54, 1.807) is 30.3 Å². The molecular weight excluding hydrogens is 781 g/mol. The maximum atomic E-state index is 13.8. The lowest BCUT2D eigenvalue weighted by atomic mass is 9.98. The van der Waals surface area contributed by atoms with Gasteiger partial charge in [0.25, 0.3) is 0 Å². The highest BCUT2D eigenvalue weighted by Crippen LogP contribution is 2.45. The lowest BCUT2D eigenvalue weighted by Crippen LogP contribution is -2.50. The maximum Gasteiger partial charge on any atom is 0.420 e. The molecule has 0 aromatic heterocycles. The zero-order valence-corrected chi connectivity index (χ0v) is 32.5. The number of alkyl carbamates (subject to hydrolysis) is 1. The van der Waals surface area contributed by atoms with Crippen LogP contribution in [0.4, 0.5) is 14.4 Å². The van der Waals surface area contributed by atoms with Gasteiger partial charge in [-0.05, 0) is 50.1 Å². The van der Waals surface area contributed by atoms with E-state index in [4.69, 9.17) is 14.2 Å². The first-order valence-corrected chi connectivity index (χ1v) is 20.9. The summed E-state index contributed by atoms with van der Waals surface area (Å²) in [4.78, 5) is 65.4. The average Bonchev–Trinajstić information content (AvgIpc) is 3.74. The molecule has 7 rings (SSSR count). The summed E-state index contributed by atoms with van der Waals surface area (Å²) in [6.07, 6.45) is -3.36. The number of aliphatic carboxylic acids is 2. The number of amides is 3. The largest absolute Gasteiger partial charge is 0.480 e. The van der Waals surface area contributed by atoms with Crippen LogP contribution in [0.1, 0.15) is 39.7 Å². The smallest absolute Gasteiger partial charge is 0.420 e. The van der Waals surface area contributed by atoms with Crippen LogP contribution < -0.4 is 5.32 Å². The van der Waals surface area contributed by atoms with Crippen LogP contribution in [-0.4, -0.2) is 82.1 Å². The van der Waals surface area contributed by atoms with Crippen LogP contribution in [-0.2, 0) is 30.4 Å². The minimum absolute atomic E-state index is 0.0134. The van der Waals surface area contributed by atoms with E-state index >= 15 is 0 Å². The highest BCUT2D eigenvalue weighted by molar-refractivity contribution is 8.76. The van der Waals surface area contributed by atoms with Crippen LogP contribution in [0, 0.1) is 0 Å². The normalized spacial score (nSPS) is 13.5. The first kappa shape index (κ1) is 40.0. The number of fused-ring (bicyclic) bond motifs is 6. The summed E-state index contributed by atoms with van der Waals surface area (Å²) in [7, 11) is 1.85. The first-order valence-electron chi connectivity index (χ1n) is 18.4. The van der Waals surface area contributed by atoms with Crippen molar-refractivity contribution in [3.05, 3.63) is 155 Å². The van der Waals surface area contributed by atoms with E-state index < -0.39 is 42.3 Å². The van der Waals surface area contributed by atoms with Crippen molar-refractivity contribution in [1.29, 1.82) is 0 Å². The Bertz CT molecular complexity index is 2230. The topological polar surface area (TPSA) is 169 Å². The van der Waals surface area contributed by atoms with E-state index in [0.29, 0.717) is 10.5 Å². The molecule has 296 valence electrons. The number of benzene rings is 5. The maximum absolute atomic E-state index is 13.8. The van der Waals surface area contributed by atoms with Crippen LogP contribution in [0.3, 0.4) is 0 Å². The molecule has 2 aliphatic carbocycles. The molecule has 0 bridgehead atoms. The zero-order chi connectivity index (χ0) is 40.6. The average molecular weight is 819 g/mol. The van der Waals surface area contributed by atoms with Gasteiger partial charge in [-0.1, -0.05) is 149 Å². The van der Waals surface area contributed by atoms with Gasteiger partial charge in [0.2, 0.25) is 0 Å². The third kappa shape index (κ3) is 8.82. The Morgan fingerprint density at radius 3 is 1.47 bits per heavy atom. The molecule has 2 atom stereocenters. The van der Waals surface area contributed by atoms with Gasteiger partial charge in [-0.15, -0.1) is 0 Å². The summed E-state index contributed by atoms with van der Waals surface area (Å²) < 4.78 is 16.6. The fourth-order valence-electron chi connectivity index (χ4n) is 7.22. The van der Waals surface area contributed by atoms with Gasteiger partial charge in [0.05, 0.1) is 0 Å². The number of carboxylic acids is 2. The molecule has 1 unspecified atom stereocenters. The van der Waals surface area contributed by atoms with Crippen LogP contribution in [0.25, 0.3) is 22.3 Å². The van der Waals surface area contributed by atoms with E-state index in [2.05, 4.69) is 5.32 Å². The Hall–Kier alpha value is -6.25. The number of nitrogens with zero attached hydrogens (tertiary/aromatic N) is 1. The molecular formula is C44H38N2O10S2. The summed E-state index contributed by atoms with van der Waals surface area (Å²) in [5.41, 5.74) is 8.54. The van der Waals surface area contributed by atoms with Gasteiger partial charge >= 0.3 is 30.2 Å². The Morgan fingerprint density at radius 2 is 0.983 bits per heavy atom. The molecule has 3 amide bonds. The first-order chi connectivity index (χ1) is 28.2. The van der Waals surface area contributed by atoms with Gasteiger partial charge in [-0.2, -0.15) is 4.90 Å². The second-order valence-electron chi connectivity index (χ2n) is 13.5. The molecule has 0 fully saturated rings. The molecule has 3 N–H and O–H groups in total. The van der Waals surface area contributed by atoms with Gasteiger partial charge in [0.1, 0.15) is 25.9 Å². The molecule has 0 saturated carbocycles. The number of nitrogens with one attached hydrogen (secondary N) is 1. The van der Waals surface area contributed by atoms with E-state index in [1.165, 1.54) is 0 Å². The number of rotatable bonds is 15. The standard InChI is InChI=1S/C44H38N2O10S2/c47-40(48)38(45-42(51)54-23-36-32-18-8-4-14-28(32)29-15-5-9-19-33(29)36)25-57-58-26-39(41(49)50)46(43(52)55-22-27-12-2-1-3-13-27)44(53)56-24-37-34-20-10-6-16-30(34)31-17-7-11-21-35(31)37/h1-21,36-39H,22-26H2,(H,45,51)(H,47,48)(H,49,50)/t38?,39-/m0/s1. The Morgan fingerprint density at radius 1 is 0.552 bits per heavy atom. The van der Waals surface area contributed by atoms with Gasteiger partial charge in [-0.25, -0.2) is 24.0 Å². The summed E-state index contributed by atoms with van der Waals surface area (Å²) >= 11 is 0. The Kier molecular flexibility index (Phi) is 12.6. The molecule has 0 aliphatic heterocycles. The Balaban J connectivity index is 0.980. The third-order valence-corrected chi connectivity index (χ3v) is 12.4. The number of imide groups is 1. The van der Waals surface area contributed by atoms with Gasteiger partial charge in [-0.3, -0.25) is 0 Å². The van der Waals surface area contributed by atoms with Crippen molar-refractivity contribution in [2.75, 3.05) is 24.7 Å². The van der Waals surface area contributed by atoms with Crippen molar-refractivity contribution in [1.82, 2.24) is 10.2 Å². The summed E-state index contributed by atoms with van der Waals surface area (Å²) in [5, 5.41) is 22.6. The van der Waals surface area contributed by atoms with Gasteiger partial charge in [0, 0.05) is 23.3 Å². The van der Waals surface area contributed by atoms with Crippen LogP contribution in [0.2, 0.25) is 0 Å². The Labute approximate surface area is 341 Å². The van der Waals surface area contributed by atoms with Crippen molar-refractivity contribution in [3.63, 3.8) is 0 Å². The van der Waals surface area contributed by atoms with Crippen molar-refractivity contribution in [2.45, 2.75) is 30.5 Å². The van der Waals surface area contributed by atoms with Gasteiger partial charge in [0.15, 0.2) is 6.04 Å². The molecule has 5 aromatic carbocycles. The predicted molar refractivity (Wildman–Crippen MR) is 220 cm³/mol. The van der Waals surface area contributed by atoms with Crippen LogP contribution >= 0.6 is 21.6 Å². The minimum Gasteiger partial charge on any atom is -0.480 e. The molecule has 0 spiro atoms. The number of hydrogen-bond acceptors (Lipinski definition) is 10. The number of carboxylic acid groups (broad SMARTS) is 2. The summed E-state index contributed by atoms with van der Waals surface area (Å²) in [6.45, 7) is -0.422. The summed E-state index contributed by atoms with van der Waals surface area (Å²) in [6, 6.07) is 36.6. The quantitative estimate of drug-likeness (QED) is 0.0525. The van der Waals surface area contributed by atoms with E-state index in [1.807, 2.05) is 97.1 Å². The molecule has 14 heteroatoms. The predicted octanol–water partition coefficient (Wildman–Crippen LogP) is 8.40. The van der Waals surface area contributed by atoms with Crippen molar-refractivity contribution >= 4 is 51.8 Å². The second-order valence-corrected chi connectivity index (χ2v) is 16.1. The molecule has 0 radical (unpaired) electrons. The van der Waals surface area contributed by atoms with Crippen molar-refractivity contribution in [2.24, 2.45) is 0 Å². The monoisotopic (exact) mass is 818 g/mol.